The number of hydrogen-bond acceptors (Lipinski definition) is 3. The van der Waals surface area contributed by atoms with Gasteiger partial charge in [0.1, 0.15) is 5.82 Å². The molecule has 116 valence electrons. The third-order valence-electron chi connectivity index (χ3n) is 3.97. The minimum absolute atomic E-state index is 0.0486. The zero-order valence-electron chi connectivity index (χ0n) is 12.2. The van der Waals surface area contributed by atoms with Gasteiger partial charge in [-0.3, -0.25) is 9.59 Å². The van der Waals surface area contributed by atoms with Gasteiger partial charge in [-0.15, -0.1) is 0 Å². The Kier molecular flexibility index (Phi) is 4.20. The van der Waals surface area contributed by atoms with Crippen molar-refractivity contribution in [3.8, 4) is 0 Å². The van der Waals surface area contributed by atoms with E-state index in [-0.39, 0.29) is 23.7 Å². The van der Waals surface area contributed by atoms with Crippen molar-refractivity contribution in [1.29, 1.82) is 0 Å². The van der Waals surface area contributed by atoms with Crippen LogP contribution in [-0.4, -0.2) is 41.6 Å². The molecule has 3 rings (SSSR count). The Morgan fingerprint density at radius 3 is 2.73 bits per heavy atom. The van der Waals surface area contributed by atoms with Crippen LogP contribution in [0.25, 0.3) is 10.9 Å². The van der Waals surface area contributed by atoms with Gasteiger partial charge in [-0.25, -0.2) is 4.39 Å². The van der Waals surface area contributed by atoms with Crippen LogP contribution < -0.4 is 10.9 Å². The van der Waals surface area contributed by atoms with E-state index in [1.165, 1.54) is 22.8 Å². The molecule has 1 aromatic heterocycles. The molecule has 0 bridgehead atoms. The molecule has 0 radical (unpaired) electrons. The van der Waals surface area contributed by atoms with Crippen molar-refractivity contribution in [1.82, 2.24) is 14.8 Å². The standard InChI is InChI=1S/C16H18FN3O2/c17-13-2-3-14-12(11-13)1-4-16(22)20(14)8-5-15(21)19-9-6-18-7-10-19/h1-4,11,18H,5-10H2. The van der Waals surface area contributed by atoms with Crippen LogP contribution in [0.4, 0.5) is 4.39 Å². The number of aromatic nitrogens is 1. The van der Waals surface area contributed by atoms with Crippen molar-refractivity contribution in [2.45, 2.75) is 13.0 Å². The topological polar surface area (TPSA) is 54.3 Å². The normalized spacial score (nSPS) is 15.2. The molecule has 1 aliphatic rings. The van der Waals surface area contributed by atoms with Crippen LogP contribution in [-0.2, 0) is 11.3 Å². The van der Waals surface area contributed by atoms with E-state index in [9.17, 15) is 14.0 Å². The van der Waals surface area contributed by atoms with E-state index in [2.05, 4.69) is 5.32 Å². The molecule has 0 aliphatic carbocycles. The first-order valence-corrected chi connectivity index (χ1v) is 7.43. The summed E-state index contributed by atoms with van der Waals surface area (Å²) in [5.74, 6) is -0.290. The zero-order chi connectivity index (χ0) is 15.5. The lowest BCUT2D eigenvalue weighted by molar-refractivity contribution is -0.131. The van der Waals surface area contributed by atoms with Crippen LogP contribution in [0.5, 0.6) is 0 Å². The Hall–Kier alpha value is -2.21. The van der Waals surface area contributed by atoms with Crippen LogP contribution >= 0.6 is 0 Å². The fourth-order valence-corrected chi connectivity index (χ4v) is 2.78. The molecule has 2 heterocycles. The monoisotopic (exact) mass is 303 g/mol. The van der Waals surface area contributed by atoms with Gasteiger partial charge in [-0.1, -0.05) is 0 Å². The number of carbonyl (C=O) groups excluding carboxylic acids is 1. The minimum Gasteiger partial charge on any atom is -0.340 e. The molecule has 1 N–H and O–H groups in total. The van der Waals surface area contributed by atoms with E-state index in [0.29, 0.717) is 30.5 Å². The predicted molar refractivity (Wildman–Crippen MR) is 82.2 cm³/mol. The van der Waals surface area contributed by atoms with Gasteiger partial charge in [0, 0.05) is 50.6 Å². The number of rotatable bonds is 3. The number of fused-ring (bicyclic) bond motifs is 1. The minimum atomic E-state index is -0.338. The molecule has 22 heavy (non-hydrogen) atoms. The van der Waals surface area contributed by atoms with Gasteiger partial charge in [0.05, 0.1) is 5.52 Å². The molecule has 5 nitrogen and oxygen atoms in total. The van der Waals surface area contributed by atoms with Gasteiger partial charge in [0.25, 0.3) is 5.56 Å². The van der Waals surface area contributed by atoms with Crippen molar-refractivity contribution < 1.29 is 9.18 Å². The Bertz CT molecular complexity index is 751. The maximum atomic E-state index is 13.3. The fourth-order valence-electron chi connectivity index (χ4n) is 2.78. The molecular weight excluding hydrogens is 285 g/mol. The first kappa shape index (κ1) is 14.7. The number of carbonyl (C=O) groups is 1. The highest BCUT2D eigenvalue weighted by molar-refractivity contribution is 5.79. The van der Waals surface area contributed by atoms with Crippen LogP contribution in [0.15, 0.2) is 35.1 Å². The summed E-state index contributed by atoms with van der Waals surface area (Å²) in [5, 5.41) is 3.86. The maximum absolute atomic E-state index is 13.3. The number of aryl methyl sites for hydroxylation is 1. The molecule has 0 unspecified atom stereocenters. The average Bonchev–Trinajstić information content (AvgIpc) is 2.54. The highest BCUT2D eigenvalue weighted by atomic mass is 19.1. The molecule has 6 heteroatoms. The number of hydrogen-bond donors (Lipinski definition) is 1. The van der Waals surface area contributed by atoms with Gasteiger partial charge in [-0.2, -0.15) is 0 Å². The Morgan fingerprint density at radius 1 is 1.18 bits per heavy atom. The Morgan fingerprint density at radius 2 is 1.95 bits per heavy atom. The van der Waals surface area contributed by atoms with E-state index < -0.39 is 0 Å². The lowest BCUT2D eigenvalue weighted by atomic mass is 10.2. The summed E-state index contributed by atoms with van der Waals surface area (Å²) in [6.07, 6.45) is 0.274. The van der Waals surface area contributed by atoms with Crippen molar-refractivity contribution in [2.75, 3.05) is 26.2 Å². The van der Waals surface area contributed by atoms with Gasteiger partial charge in [-0.05, 0) is 24.3 Å². The van der Waals surface area contributed by atoms with Crippen molar-refractivity contribution >= 4 is 16.8 Å². The SMILES string of the molecule is O=C(CCn1c(=O)ccc2cc(F)ccc21)N1CCNCC1. The molecular formula is C16H18FN3O2. The summed E-state index contributed by atoms with van der Waals surface area (Å²) in [5.41, 5.74) is 0.481. The number of halogens is 1. The quantitative estimate of drug-likeness (QED) is 0.919. The molecule has 1 aliphatic heterocycles. The number of nitrogens with zero attached hydrogens (tertiary/aromatic N) is 2. The number of nitrogens with one attached hydrogen (secondary N) is 1. The van der Waals surface area contributed by atoms with Gasteiger partial charge < -0.3 is 14.8 Å². The summed E-state index contributed by atoms with van der Waals surface area (Å²) in [7, 11) is 0. The van der Waals surface area contributed by atoms with Crippen molar-refractivity contribution in [3.05, 3.63) is 46.5 Å². The Labute approximate surface area is 127 Å². The fraction of sp³-hybridized carbons (Fsp3) is 0.375. The molecule has 0 saturated carbocycles. The van der Waals surface area contributed by atoms with Crippen LogP contribution in [0.1, 0.15) is 6.42 Å². The number of benzene rings is 1. The largest absolute Gasteiger partial charge is 0.340 e. The maximum Gasteiger partial charge on any atom is 0.251 e. The smallest absolute Gasteiger partial charge is 0.251 e. The highest BCUT2D eigenvalue weighted by Crippen LogP contribution is 2.14. The van der Waals surface area contributed by atoms with Crippen LogP contribution in [0, 0.1) is 5.82 Å². The van der Waals surface area contributed by atoms with E-state index in [1.54, 1.807) is 12.1 Å². The molecule has 1 amide bonds. The lowest BCUT2D eigenvalue weighted by Crippen LogP contribution is -2.46. The van der Waals surface area contributed by atoms with E-state index in [1.807, 2.05) is 4.90 Å². The van der Waals surface area contributed by atoms with E-state index >= 15 is 0 Å². The van der Waals surface area contributed by atoms with E-state index in [0.717, 1.165) is 13.1 Å². The van der Waals surface area contributed by atoms with Gasteiger partial charge in [0.15, 0.2) is 0 Å². The first-order chi connectivity index (χ1) is 10.6. The summed E-state index contributed by atoms with van der Waals surface area (Å²) in [6, 6.07) is 7.33. The number of pyridine rings is 1. The van der Waals surface area contributed by atoms with Crippen LogP contribution in [0.2, 0.25) is 0 Å². The molecule has 1 fully saturated rings. The molecule has 1 aromatic carbocycles. The lowest BCUT2D eigenvalue weighted by Gasteiger charge is -2.27. The van der Waals surface area contributed by atoms with Gasteiger partial charge in [0.2, 0.25) is 5.91 Å². The summed E-state index contributed by atoms with van der Waals surface area (Å²) in [6.45, 7) is 3.33. The zero-order valence-corrected chi connectivity index (χ0v) is 12.2. The van der Waals surface area contributed by atoms with Crippen molar-refractivity contribution in [3.63, 3.8) is 0 Å². The third-order valence-corrected chi connectivity index (χ3v) is 3.97. The first-order valence-electron chi connectivity index (χ1n) is 7.43. The van der Waals surface area contributed by atoms with E-state index in [4.69, 9.17) is 0 Å². The third kappa shape index (κ3) is 3.01. The number of amides is 1. The van der Waals surface area contributed by atoms with Crippen LogP contribution in [0.3, 0.4) is 0 Å². The highest BCUT2D eigenvalue weighted by Gasteiger charge is 2.16. The molecule has 1 saturated heterocycles. The summed E-state index contributed by atoms with van der Waals surface area (Å²) < 4.78 is 14.8. The second kappa shape index (κ2) is 6.27. The second-order valence-electron chi connectivity index (χ2n) is 5.41. The second-order valence-corrected chi connectivity index (χ2v) is 5.41. The van der Waals surface area contributed by atoms with Gasteiger partial charge >= 0.3 is 0 Å². The number of piperazine rings is 1. The molecule has 0 spiro atoms. The predicted octanol–water partition coefficient (Wildman–Crippen LogP) is 0.962. The summed E-state index contributed by atoms with van der Waals surface area (Å²) >= 11 is 0. The molecule has 0 atom stereocenters. The van der Waals surface area contributed by atoms with Crippen molar-refractivity contribution in [2.24, 2.45) is 0 Å². The summed E-state index contributed by atoms with van der Waals surface area (Å²) in [4.78, 5) is 26.0. The molecule has 2 aromatic rings. The average molecular weight is 303 g/mol. The Balaban J connectivity index is 1.80.